The Labute approximate surface area is 76.3 Å². The average Bonchev–Trinajstić information content (AvgIpc) is 2.11. The molecule has 2 N–H and O–H groups in total. The molecule has 0 saturated carbocycles. The predicted molar refractivity (Wildman–Crippen MR) is 56.1 cm³/mol. The zero-order valence-corrected chi connectivity index (χ0v) is 8.34. The van der Waals surface area contributed by atoms with E-state index >= 15 is 0 Å². The molecule has 0 radical (unpaired) electrons. The zero-order valence-electron chi connectivity index (χ0n) is 8.34. The van der Waals surface area contributed by atoms with E-state index in [4.69, 9.17) is 5.73 Å². The second-order valence-electron chi connectivity index (χ2n) is 2.97. The topological polar surface area (TPSA) is 26.0 Å². The van der Waals surface area contributed by atoms with E-state index in [-0.39, 0.29) is 0 Å². The van der Waals surface area contributed by atoms with Crippen LogP contribution in [0.15, 0.2) is 23.8 Å². The fourth-order valence-electron chi connectivity index (χ4n) is 1.03. The maximum atomic E-state index is 5.50. The Morgan fingerprint density at radius 1 is 1.33 bits per heavy atom. The van der Waals surface area contributed by atoms with E-state index < -0.39 is 0 Å². The minimum Gasteiger partial charge on any atom is -0.327 e. The molecule has 0 unspecified atom stereocenters. The summed E-state index contributed by atoms with van der Waals surface area (Å²) in [7, 11) is 0. The van der Waals surface area contributed by atoms with Crippen molar-refractivity contribution in [3.8, 4) is 0 Å². The Bertz CT molecular complexity index is 145. The number of nitrogens with two attached hydrogens (primary N) is 1. The third-order valence-electron chi connectivity index (χ3n) is 1.91. The van der Waals surface area contributed by atoms with E-state index in [2.05, 4.69) is 25.2 Å². The molecule has 12 heavy (non-hydrogen) atoms. The number of hydrogen-bond donors (Lipinski definition) is 1. The lowest BCUT2D eigenvalue weighted by molar-refractivity contribution is 0.729. The van der Waals surface area contributed by atoms with E-state index in [0.29, 0.717) is 6.54 Å². The highest BCUT2D eigenvalue weighted by Gasteiger charge is 1.85. The first-order valence-electron chi connectivity index (χ1n) is 4.87. The van der Waals surface area contributed by atoms with Crippen molar-refractivity contribution in [1.82, 2.24) is 0 Å². The lowest BCUT2D eigenvalue weighted by atomic mass is 10.1. The predicted octanol–water partition coefficient (Wildman–Crippen LogP) is 3.03. The maximum absolute atomic E-state index is 5.50. The highest BCUT2D eigenvalue weighted by molar-refractivity contribution is 5.18. The van der Waals surface area contributed by atoms with Crippen LogP contribution in [0.5, 0.6) is 0 Å². The second kappa shape index (κ2) is 8.54. The van der Waals surface area contributed by atoms with Crippen molar-refractivity contribution < 1.29 is 0 Å². The van der Waals surface area contributed by atoms with Crippen LogP contribution in [0, 0.1) is 0 Å². The molecular formula is C11H21N. The average molecular weight is 167 g/mol. The van der Waals surface area contributed by atoms with Crippen LogP contribution in [-0.2, 0) is 0 Å². The van der Waals surface area contributed by atoms with Gasteiger partial charge in [0, 0.05) is 6.54 Å². The first-order valence-corrected chi connectivity index (χ1v) is 4.87. The van der Waals surface area contributed by atoms with Gasteiger partial charge in [-0.1, -0.05) is 38.0 Å². The Morgan fingerprint density at radius 3 is 2.58 bits per heavy atom. The van der Waals surface area contributed by atoms with Crippen LogP contribution >= 0.6 is 0 Å². The molecule has 0 aliphatic carbocycles. The van der Waals surface area contributed by atoms with E-state index in [9.17, 15) is 0 Å². The molecule has 0 aromatic rings. The number of hydrogen-bond acceptors (Lipinski definition) is 1. The van der Waals surface area contributed by atoms with Crippen molar-refractivity contribution in [1.29, 1.82) is 0 Å². The quantitative estimate of drug-likeness (QED) is 0.477. The Balaban J connectivity index is 3.47. The Morgan fingerprint density at radius 2 is 2.08 bits per heavy atom. The minimum atomic E-state index is 0.654. The van der Waals surface area contributed by atoms with Crippen LogP contribution in [-0.4, -0.2) is 6.54 Å². The van der Waals surface area contributed by atoms with Gasteiger partial charge < -0.3 is 5.73 Å². The van der Waals surface area contributed by atoms with Gasteiger partial charge in [0.2, 0.25) is 0 Å². The molecule has 0 heterocycles. The summed E-state index contributed by atoms with van der Waals surface area (Å²) in [5.74, 6) is 0. The van der Waals surface area contributed by atoms with Crippen molar-refractivity contribution in [3.63, 3.8) is 0 Å². The van der Waals surface area contributed by atoms with Gasteiger partial charge in [0.1, 0.15) is 0 Å². The summed E-state index contributed by atoms with van der Waals surface area (Å²) in [5.41, 5.74) is 6.73. The molecule has 0 aliphatic rings. The van der Waals surface area contributed by atoms with E-state index in [1.165, 1.54) is 31.3 Å². The molecule has 0 spiro atoms. The van der Waals surface area contributed by atoms with Gasteiger partial charge in [-0.3, -0.25) is 0 Å². The normalized spacial score (nSPS) is 12.8. The second-order valence-corrected chi connectivity index (χ2v) is 2.97. The summed E-state index contributed by atoms with van der Waals surface area (Å²) in [6, 6.07) is 0. The highest BCUT2D eigenvalue weighted by atomic mass is 14.5. The van der Waals surface area contributed by atoms with Gasteiger partial charge in [0.05, 0.1) is 0 Å². The summed E-state index contributed by atoms with van der Waals surface area (Å²) in [4.78, 5) is 0. The molecule has 0 aromatic carbocycles. The van der Waals surface area contributed by atoms with Gasteiger partial charge in [-0.2, -0.15) is 0 Å². The third kappa shape index (κ3) is 6.17. The zero-order chi connectivity index (χ0) is 9.23. The van der Waals surface area contributed by atoms with Gasteiger partial charge >= 0.3 is 0 Å². The monoisotopic (exact) mass is 167 g/mol. The third-order valence-corrected chi connectivity index (χ3v) is 1.91. The lowest BCUT2D eigenvalue weighted by Gasteiger charge is -1.95. The van der Waals surface area contributed by atoms with Crippen LogP contribution in [0.3, 0.4) is 0 Å². The van der Waals surface area contributed by atoms with Crippen LogP contribution in [0.25, 0.3) is 0 Å². The summed E-state index contributed by atoms with van der Waals surface area (Å²) in [6.45, 7) is 4.90. The molecule has 1 heteroatoms. The standard InChI is InChI=1S/C11H21N/c1-3-5-6-7-8-9-11(4-2)10-12/h4,8-9H,3,5-7,10,12H2,1-2H3/b9-8-,11-4+. The molecule has 0 aromatic heterocycles. The Hall–Kier alpha value is -0.560. The largest absolute Gasteiger partial charge is 0.327 e. The van der Waals surface area contributed by atoms with Gasteiger partial charge in [-0.25, -0.2) is 0 Å². The first-order chi connectivity index (χ1) is 5.85. The molecule has 0 amide bonds. The minimum absolute atomic E-state index is 0.654. The van der Waals surface area contributed by atoms with Gasteiger partial charge in [-0.05, 0) is 25.3 Å². The molecule has 0 atom stereocenters. The smallest absolute Gasteiger partial charge is 0.0174 e. The van der Waals surface area contributed by atoms with Gasteiger partial charge in [0.25, 0.3) is 0 Å². The molecule has 0 bridgehead atoms. The fraction of sp³-hybridized carbons (Fsp3) is 0.636. The number of rotatable bonds is 6. The number of unbranched alkanes of at least 4 members (excludes halogenated alkanes) is 3. The molecular weight excluding hydrogens is 146 g/mol. The summed E-state index contributed by atoms with van der Waals surface area (Å²) in [6.07, 6.45) is 11.5. The molecule has 1 nitrogen and oxygen atoms in total. The SMILES string of the molecule is C/C=C(\C=C/CCCCC)CN. The van der Waals surface area contributed by atoms with E-state index in [1.54, 1.807) is 0 Å². The summed E-state index contributed by atoms with van der Waals surface area (Å²) < 4.78 is 0. The van der Waals surface area contributed by atoms with Crippen LogP contribution in [0.2, 0.25) is 0 Å². The number of allylic oxidation sites excluding steroid dienone is 2. The maximum Gasteiger partial charge on any atom is 0.0174 e. The van der Waals surface area contributed by atoms with Crippen molar-refractivity contribution in [2.45, 2.75) is 39.5 Å². The van der Waals surface area contributed by atoms with Crippen molar-refractivity contribution >= 4 is 0 Å². The summed E-state index contributed by atoms with van der Waals surface area (Å²) in [5, 5.41) is 0. The first kappa shape index (κ1) is 11.4. The molecule has 0 fully saturated rings. The van der Waals surface area contributed by atoms with Crippen LogP contribution < -0.4 is 5.73 Å². The van der Waals surface area contributed by atoms with Crippen LogP contribution in [0.1, 0.15) is 39.5 Å². The van der Waals surface area contributed by atoms with Crippen molar-refractivity contribution in [3.05, 3.63) is 23.8 Å². The van der Waals surface area contributed by atoms with Crippen molar-refractivity contribution in [2.75, 3.05) is 6.54 Å². The molecule has 0 saturated heterocycles. The van der Waals surface area contributed by atoms with Gasteiger partial charge in [-0.15, -0.1) is 0 Å². The Kier molecular flexibility index (Phi) is 8.14. The highest BCUT2D eigenvalue weighted by Crippen LogP contribution is 2.01. The molecule has 70 valence electrons. The van der Waals surface area contributed by atoms with E-state index in [0.717, 1.165) is 0 Å². The fourth-order valence-corrected chi connectivity index (χ4v) is 1.03. The summed E-state index contributed by atoms with van der Waals surface area (Å²) >= 11 is 0. The van der Waals surface area contributed by atoms with Gasteiger partial charge in [0.15, 0.2) is 0 Å². The molecule has 0 rings (SSSR count). The van der Waals surface area contributed by atoms with Crippen LogP contribution in [0.4, 0.5) is 0 Å². The van der Waals surface area contributed by atoms with Crippen molar-refractivity contribution in [2.24, 2.45) is 5.73 Å². The molecule has 0 aliphatic heterocycles. The lowest BCUT2D eigenvalue weighted by Crippen LogP contribution is -1.99. The van der Waals surface area contributed by atoms with E-state index in [1.807, 2.05) is 6.92 Å².